The highest BCUT2D eigenvalue weighted by Crippen LogP contribution is 2.35. The van der Waals surface area contributed by atoms with E-state index in [1.165, 1.54) is 13.2 Å². The van der Waals surface area contributed by atoms with Crippen molar-refractivity contribution < 1.29 is 14.6 Å². The molecule has 2 aromatic carbocycles. The number of phenolic OH excluding ortho intramolecular Hbond substituents is 1. The zero-order chi connectivity index (χ0) is 15.2. The van der Waals surface area contributed by atoms with Gasteiger partial charge in [-0.1, -0.05) is 30.3 Å². The number of benzene rings is 2. The van der Waals surface area contributed by atoms with E-state index in [2.05, 4.69) is 0 Å². The molecule has 0 bridgehead atoms. The van der Waals surface area contributed by atoms with Crippen LogP contribution in [0.5, 0.6) is 5.75 Å². The van der Waals surface area contributed by atoms with Crippen LogP contribution in [0, 0.1) is 0 Å². The van der Waals surface area contributed by atoms with Gasteiger partial charge in [0.25, 0.3) is 0 Å². The number of hydrogen-bond acceptors (Lipinski definition) is 3. The number of methoxy groups -OCH3 is 1. The van der Waals surface area contributed by atoms with E-state index in [0.29, 0.717) is 23.4 Å². The summed E-state index contributed by atoms with van der Waals surface area (Å²) in [4.78, 5) is 12.0. The van der Waals surface area contributed by atoms with Crippen LogP contribution in [0.1, 0.15) is 22.3 Å². The second-order valence-corrected chi connectivity index (χ2v) is 5.01. The van der Waals surface area contributed by atoms with Gasteiger partial charge in [0, 0.05) is 11.4 Å². The zero-order valence-corrected chi connectivity index (χ0v) is 12.6. The minimum absolute atomic E-state index is 0.151. The van der Waals surface area contributed by atoms with E-state index < -0.39 is 5.97 Å². The highest BCUT2D eigenvalue weighted by molar-refractivity contribution is 6.17. The quantitative estimate of drug-likeness (QED) is 0.670. The third-order valence-electron chi connectivity index (χ3n) is 3.32. The number of carbonyl (C=O) groups is 1. The summed E-state index contributed by atoms with van der Waals surface area (Å²) < 4.78 is 4.83. The summed E-state index contributed by atoms with van der Waals surface area (Å²) in [6.07, 6.45) is 1.32. The number of alkyl halides is 1. The maximum absolute atomic E-state index is 12.0. The molecule has 0 saturated heterocycles. The van der Waals surface area contributed by atoms with Crippen molar-refractivity contribution in [1.82, 2.24) is 0 Å². The lowest BCUT2D eigenvalue weighted by Gasteiger charge is -2.15. The molecule has 0 atom stereocenters. The van der Waals surface area contributed by atoms with Gasteiger partial charge >= 0.3 is 5.97 Å². The third kappa shape index (κ3) is 3.37. The van der Waals surface area contributed by atoms with Gasteiger partial charge in [0.05, 0.1) is 12.7 Å². The Labute approximate surface area is 129 Å². The van der Waals surface area contributed by atoms with Crippen molar-refractivity contribution in [2.45, 2.75) is 12.8 Å². The van der Waals surface area contributed by atoms with Crippen molar-refractivity contribution in [2.24, 2.45) is 0 Å². The van der Waals surface area contributed by atoms with Gasteiger partial charge in [-0.3, -0.25) is 0 Å². The van der Waals surface area contributed by atoms with Crippen molar-refractivity contribution in [3.63, 3.8) is 0 Å². The SMILES string of the molecule is COC(=O)c1ccc(O)c(-c2ccccc2)c1CCCCl. The Balaban J connectivity index is 2.63. The first-order valence-corrected chi connectivity index (χ1v) is 7.27. The Bertz CT molecular complexity index is 623. The molecule has 0 heterocycles. The highest BCUT2D eigenvalue weighted by atomic mass is 35.5. The molecule has 0 fully saturated rings. The fraction of sp³-hybridized carbons (Fsp3) is 0.235. The summed E-state index contributed by atoms with van der Waals surface area (Å²) in [6, 6.07) is 12.6. The van der Waals surface area contributed by atoms with E-state index in [9.17, 15) is 9.90 Å². The number of ether oxygens (including phenoxy) is 1. The number of aromatic hydroxyl groups is 1. The monoisotopic (exact) mass is 304 g/mol. The van der Waals surface area contributed by atoms with Crippen LogP contribution in [0.2, 0.25) is 0 Å². The van der Waals surface area contributed by atoms with Crippen LogP contribution in [-0.4, -0.2) is 24.1 Å². The molecule has 0 unspecified atom stereocenters. The summed E-state index contributed by atoms with van der Waals surface area (Å²) >= 11 is 5.78. The molecule has 2 aromatic rings. The summed E-state index contributed by atoms with van der Waals surface area (Å²) in [5.74, 6) is 0.236. The summed E-state index contributed by atoms with van der Waals surface area (Å²) in [5.41, 5.74) is 2.78. The highest BCUT2D eigenvalue weighted by Gasteiger charge is 2.19. The number of phenols is 1. The molecule has 21 heavy (non-hydrogen) atoms. The second kappa shape index (κ2) is 7.14. The molecular weight excluding hydrogens is 288 g/mol. The van der Waals surface area contributed by atoms with Crippen molar-refractivity contribution >= 4 is 17.6 Å². The molecule has 110 valence electrons. The van der Waals surface area contributed by atoms with Crippen molar-refractivity contribution in [3.8, 4) is 16.9 Å². The fourth-order valence-electron chi connectivity index (χ4n) is 2.37. The molecule has 0 radical (unpaired) electrons. The molecule has 0 spiro atoms. The number of hydrogen-bond donors (Lipinski definition) is 1. The fourth-order valence-corrected chi connectivity index (χ4v) is 2.50. The van der Waals surface area contributed by atoms with Crippen molar-refractivity contribution in [2.75, 3.05) is 13.0 Å². The van der Waals surface area contributed by atoms with Crippen LogP contribution in [0.3, 0.4) is 0 Å². The first-order chi connectivity index (χ1) is 10.2. The smallest absolute Gasteiger partial charge is 0.338 e. The summed E-state index contributed by atoms with van der Waals surface area (Å²) in [5, 5.41) is 10.2. The molecule has 1 N–H and O–H groups in total. The Hall–Kier alpha value is -2.00. The molecule has 4 heteroatoms. The van der Waals surface area contributed by atoms with Crippen molar-refractivity contribution in [3.05, 3.63) is 53.6 Å². The van der Waals surface area contributed by atoms with Gasteiger partial charge in [-0.2, -0.15) is 0 Å². The van der Waals surface area contributed by atoms with Gasteiger partial charge in [0.1, 0.15) is 5.75 Å². The van der Waals surface area contributed by atoms with Crippen LogP contribution in [0.25, 0.3) is 11.1 Å². The van der Waals surface area contributed by atoms with Gasteiger partial charge < -0.3 is 9.84 Å². The molecule has 0 aromatic heterocycles. The average Bonchev–Trinajstić information content (AvgIpc) is 2.53. The normalized spacial score (nSPS) is 10.4. The van der Waals surface area contributed by atoms with E-state index in [1.807, 2.05) is 30.3 Å². The molecule has 2 rings (SSSR count). The minimum Gasteiger partial charge on any atom is -0.507 e. The first kappa shape index (κ1) is 15.4. The van der Waals surface area contributed by atoms with Gasteiger partial charge in [-0.05, 0) is 36.1 Å². The molecule has 0 amide bonds. The van der Waals surface area contributed by atoms with Gasteiger partial charge in [-0.25, -0.2) is 4.79 Å². The van der Waals surface area contributed by atoms with Crippen molar-refractivity contribution in [1.29, 1.82) is 0 Å². The maximum atomic E-state index is 12.0. The standard InChI is InChI=1S/C17H17ClO3/c1-21-17(20)14-9-10-15(19)16(13(14)8-5-11-18)12-6-3-2-4-7-12/h2-4,6-7,9-10,19H,5,8,11H2,1H3. The van der Waals surface area contributed by atoms with Crippen LogP contribution in [-0.2, 0) is 11.2 Å². The van der Waals surface area contributed by atoms with Gasteiger partial charge in [0.2, 0.25) is 0 Å². The molecular formula is C17H17ClO3. The second-order valence-electron chi connectivity index (χ2n) is 4.64. The molecule has 0 saturated carbocycles. The summed E-state index contributed by atoms with van der Waals surface area (Å²) in [6.45, 7) is 0. The minimum atomic E-state index is -0.406. The number of carbonyl (C=O) groups excluding carboxylic acids is 1. The van der Waals surface area contributed by atoms with Crippen LogP contribution >= 0.6 is 11.6 Å². The van der Waals surface area contributed by atoms with Crippen LogP contribution in [0.15, 0.2) is 42.5 Å². The average molecular weight is 305 g/mol. The predicted molar refractivity (Wildman–Crippen MR) is 83.9 cm³/mol. The van der Waals surface area contributed by atoms with E-state index in [4.69, 9.17) is 16.3 Å². The Morgan fingerprint density at radius 3 is 2.52 bits per heavy atom. The van der Waals surface area contributed by atoms with Crippen LogP contribution < -0.4 is 0 Å². The first-order valence-electron chi connectivity index (χ1n) is 6.73. The third-order valence-corrected chi connectivity index (χ3v) is 3.59. The maximum Gasteiger partial charge on any atom is 0.338 e. The topological polar surface area (TPSA) is 46.5 Å². The lowest BCUT2D eigenvalue weighted by Crippen LogP contribution is -2.07. The number of halogens is 1. The number of rotatable bonds is 5. The van der Waals surface area contributed by atoms with Gasteiger partial charge in [0.15, 0.2) is 0 Å². The Kier molecular flexibility index (Phi) is 5.23. The van der Waals surface area contributed by atoms with Crippen LogP contribution in [0.4, 0.5) is 0 Å². The zero-order valence-electron chi connectivity index (χ0n) is 11.8. The molecule has 0 aliphatic rings. The van der Waals surface area contributed by atoms with E-state index in [1.54, 1.807) is 6.07 Å². The molecule has 3 nitrogen and oxygen atoms in total. The Morgan fingerprint density at radius 2 is 1.90 bits per heavy atom. The van der Waals surface area contributed by atoms with E-state index >= 15 is 0 Å². The Morgan fingerprint density at radius 1 is 1.19 bits per heavy atom. The molecule has 0 aliphatic heterocycles. The lowest BCUT2D eigenvalue weighted by atomic mass is 9.91. The predicted octanol–water partition coefficient (Wildman–Crippen LogP) is 4.02. The largest absolute Gasteiger partial charge is 0.507 e. The lowest BCUT2D eigenvalue weighted by molar-refractivity contribution is 0.0599. The number of esters is 1. The molecule has 0 aliphatic carbocycles. The van der Waals surface area contributed by atoms with Gasteiger partial charge in [-0.15, -0.1) is 11.6 Å². The van der Waals surface area contributed by atoms with E-state index in [0.717, 1.165) is 17.5 Å². The van der Waals surface area contributed by atoms with E-state index in [-0.39, 0.29) is 5.75 Å². The summed E-state index contributed by atoms with van der Waals surface area (Å²) in [7, 11) is 1.35.